The highest BCUT2D eigenvalue weighted by Gasteiger charge is 2.30. The molecule has 0 aliphatic carbocycles. The molecule has 32 heavy (non-hydrogen) atoms. The van der Waals surface area contributed by atoms with Gasteiger partial charge < -0.3 is 4.90 Å². The van der Waals surface area contributed by atoms with E-state index in [1.54, 1.807) is 9.47 Å². The number of amides is 1. The number of benzene rings is 2. The number of nitrogens with zero attached hydrogens (tertiary/aromatic N) is 4. The van der Waals surface area contributed by atoms with Crippen molar-refractivity contribution in [3.8, 4) is 0 Å². The Hall–Kier alpha value is -2.98. The Kier molecular flexibility index (Phi) is 6.16. The first kappa shape index (κ1) is 22.2. The molecule has 1 fully saturated rings. The molecule has 0 spiro atoms. The van der Waals surface area contributed by atoms with Gasteiger partial charge in [-0.05, 0) is 36.8 Å². The number of halogens is 1. The summed E-state index contributed by atoms with van der Waals surface area (Å²) in [6.45, 7) is 3.07. The van der Waals surface area contributed by atoms with Gasteiger partial charge in [-0.1, -0.05) is 25.1 Å². The van der Waals surface area contributed by atoms with E-state index in [0.717, 1.165) is 18.0 Å². The molecule has 2 heterocycles. The number of para-hydroxylation sites is 2. The van der Waals surface area contributed by atoms with Crippen molar-refractivity contribution in [2.75, 3.05) is 26.2 Å². The third-order valence-electron chi connectivity index (χ3n) is 5.69. The third kappa shape index (κ3) is 4.07. The molecule has 1 aliphatic rings. The zero-order valence-electron chi connectivity index (χ0n) is 17.8. The summed E-state index contributed by atoms with van der Waals surface area (Å²) >= 11 is 0. The summed E-state index contributed by atoms with van der Waals surface area (Å²) in [4.78, 5) is 27.3. The number of hydrogen-bond acceptors (Lipinski definition) is 4. The number of carbonyl (C=O) groups is 1. The lowest BCUT2D eigenvalue weighted by Crippen LogP contribution is -2.51. The van der Waals surface area contributed by atoms with Crippen LogP contribution in [0.25, 0.3) is 11.0 Å². The first-order valence-corrected chi connectivity index (χ1v) is 12.0. The van der Waals surface area contributed by atoms with Gasteiger partial charge in [-0.3, -0.25) is 13.9 Å². The number of fused-ring (bicyclic) bond motifs is 1. The van der Waals surface area contributed by atoms with Gasteiger partial charge in [0.25, 0.3) is 0 Å². The van der Waals surface area contributed by atoms with Crippen LogP contribution in [0.15, 0.2) is 58.2 Å². The summed E-state index contributed by atoms with van der Waals surface area (Å²) in [6.07, 6.45) is 0.795. The largest absolute Gasteiger partial charge is 0.338 e. The van der Waals surface area contributed by atoms with Crippen LogP contribution in [0.1, 0.15) is 13.3 Å². The quantitative estimate of drug-likeness (QED) is 0.562. The minimum Gasteiger partial charge on any atom is -0.338 e. The minimum absolute atomic E-state index is 0.104. The number of hydrogen-bond donors (Lipinski definition) is 0. The summed E-state index contributed by atoms with van der Waals surface area (Å²) in [5.74, 6) is -0.859. The van der Waals surface area contributed by atoms with E-state index in [9.17, 15) is 22.4 Å². The summed E-state index contributed by atoms with van der Waals surface area (Å²) in [5, 5.41) is 0. The van der Waals surface area contributed by atoms with Gasteiger partial charge in [-0.15, -0.1) is 0 Å². The molecule has 0 bridgehead atoms. The van der Waals surface area contributed by atoms with Crippen LogP contribution in [0.2, 0.25) is 0 Å². The average molecular weight is 461 g/mol. The van der Waals surface area contributed by atoms with Gasteiger partial charge in [-0.2, -0.15) is 4.31 Å². The van der Waals surface area contributed by atoms with Gasteiger partial charge in [-0.25, -0.2) is 17.6 Å². The van der Waals surface area contributed by atoms with Gasteiger partial charge in [0.05, 0.1) is 15.9 Å². The molecule has 8 nitrogen and oxygen atoms in total. The Labute approximate surface area is 185 Å². The second-order valence-corrected chi connectivity index (χ2v) is 9.69. The molecule has 0 radical (unpaired) electrons. The fraction of sp³-hybridized carbons (Fsp3) is 0.364. The molecule has 2 aromatic carbocycles. The summed E-state index contributed by atoms with van der Waals surface area (Å²) in [6, 6.07) is 12.3. The van der Waals surface area contributed by atoms with Crippen molar-refractivity contribution in [2.24, 2.45) is 0 Å². The Morgan fingerprint density at radius 1 is 0.969 bits per heavy atom. The lowest BCUT2D eigenvalue weighted by Gasteiger charge is -2.34. The third-order valence-corrected chi connectivity index (χ3v) is 7.59. The predicted octanol–water partition coefficient (Wildman–Crippen LogP) is 1.89. The van der Waals surface area contributed by atoms with Crippen LogP contribution in [0.4, 0.5) is 4.39 Å². The molecular formula is C22H25FN4O4S. The maximum Gasteiger partial charge on any atom is 0.329 e. The first-order valence-electron chi connectivity index (χ1n) is 10.5. The molecular weight excluding hydrogens is 435 g/mol. The second kappa shape index (κ2) is 8.87. The van der Waals surface area contributed by atoms with E-state index in [2.05, 4.69) is 0 Å². The van der Waals surface area contributed by atoms with E-state index in [-0.39, 0.29) is 49.2 Å². The van der Waals surface area contributed by atoms with E-state index >= 15 is 0 Å². The normalized spacial score (nSPS) is 15.4. The van der Waals surface area contributed by atoms with Gasteiger partial charge in [0.15, 0.2) is 0 Å². The Morgan fingerprint density at radius 2 is 1.62 bits per heavy atom. The molecule has 1 amide bonds. The Balaban J connectivity index is 1.48. The molecule has 0 atom stereocenters. The van der Waals surface area contributed by atoms with Crippen LogP contribution in [-0.4, -0.2) is 58.8 Å². The fourth-order valence-corrected chi connectivity index (χ4v) is 5.51. The topological polar surface area (TPSA) is 84.6 Å². The summed E-state index contributed by atoms with van der Waals surface area (Å²) in [5.41, 5.74) is 1.26. The van der Waals surface area contributed by atoms with Gasteiger partial charge >= 0.3 is 5.69 Å². The van der Waals surface area contributed by atoms with Crippen LogP contribution in [0.3, 0.4) is 0 Å². The zero-order chi connectivity index (χ0) is 22.9. The van der Waals surface area contributed by atoms with E-state index in [0.29, 0.717) is 12.1 Å². The number of carbonyl (C=O) groups excluding carboxylic acids is 1. The fourth-order valence-electron chi connectivity index (χ4n) is 4.05. The summed E-state index contributed by atoms with van der Waals surface area (Å²) in [7, 11) is -3.83. The van der Waals surface area contributed by atoms with Crippen LogP contribution < -0.4 is 5.69 Å². The Bertz CT molecular complexity index is 1310. The predicted molar refractivity (Wildman–Crippen MR) is 118 cm³/mol. The maximum atomic E-state index is 13.5. The number of aromatic nitrogens is 2. The highest BCUT2D eigenvalue weighted by atomic mass is 32.2. The van der Waals surface area contributed by atoms with Crippen molar-refractivity contribution >= 4 is 27.0 Å². The molecule has 1 saturated heterocycles. The number of rotatable bonds is 6. The van der Waals surface area contributed by atoms with E-state index in [4.69, 9.17) is 0 Å². The van der Waals surface area contributed by atoms with Gasteiger partial charge in [0.1, 0.15) is 12.4 Å². The number of imidazole rings is 1. The van der Waals surface area contributed by atoms with Crippen LogP contribution in [-0.2, 0) is 27.9 Å². The lowest BCUT2D eigenvalue weighted by molar-refractivity contribution is -0.133. The van der Waals surface area contributed by atoms with Gasteiger partial charge in [0.2, 0.25) is 15.9 Å². The van der Waals surface area contributed by atoms with E-state index < -0.39 is 15.8 Å². The summed E-state index contributed by atoms with van der Waals surface area (Å²) < 4.78 is 43.4. The van der Waals surface area contributed by atoms with Crippen molar-refractivity contribution in [1.82, 2.24) is 18.3 Å². The van der Waals surface area contributed by atoms with Crippen molar-refractivity contribution in [2.45, 2.75) is 31.3 Å². The van der Waals surface area contributed by atoms with Crippen molar-refractivity contribution in [3.05, 3.63) is 64.8 Å². The zero-order valence-corrected chi connectivity index (χ0v) is 18.6. The van der Waals surface area contributed by atoms with E-state index in [1.165, 1.54) is 27.1 Å². The number of aryl methyl sites for hydroxylation is 1. The molecule has 170 valence electrons. The average Bonchev–Trinajstić information content (AvgIpc) is 3.05. The molecule has 4 rings (SSSR count). The highest BCUT2D eigenvalue weighted by Crippen LogP contribution is 2.19. The van der Waals surface area contributed by atoms with Crippen LogP contribution in [0.5, 0.6) is 0 Å². The SMILES string of the molecule is CCCn1c(=O)n(CC(=O)N2CCN(S(=O)(=O)c3cccc(F)c3)CC2)c2ccccc21. The molecule has 3 aromatic rings. The highest BCUT2D eigenvalue weighted by molar-refractivity contribution is 7.89. The van der Waals surface area contributed by atoms with Crippen molar-refractivity contribution < 1.29 is 17.6 Å². The lowest BCUT2D eigenvalue weighted by atomic mass is 10.3. The smallest absolute Gasteiger partial charge is 0.329 e. The molecule has 0 N–H and O–H groups in total. The molecule has 0 unspecified atom stereocenters. The minimum atomic E-state index is -3.83. The number of sulfonamides is 1. The molecule has 1 aliphatic heterocycles. The van der Waals surface area contributed by atoms with Gasteiger partial charge in [0, 0.05) is 32.7 Å². The first-order chi connectivity index (χ1) is 15.3. The standard InChI is InChI=1S/C22H25FN4O4S/c1-2-10-26-19-8-3-4-9-20(19)27(22(26)29)16-21(28)24-11-13-25(14-12-24)32(30,31)18-7-5-6-17(23)15-18/h3-9,15H,2,10-14,16H2,1H3. The molecule has 0 saturated carbocycles. The monoisotopic (exact) mass is 460 g/mol. The molecule has 1 aromatic heterocycles. The Morgan fingerprint density at radius 3 is 2.25 bits per heavy atom. The number of piperazine rings is 1. The second-order valence-electron chi connectivity index (χ2n) is 7.75. The van der Waals surface area contributed by atoms with Crippen molar-refractivity contribution in [1.29, 1.82) is 0 Å². The van der Waals surface area contributed by atoms with Crippen molar-refractivity contribution in [3.63, 3.8) is 0 Å². The van der Waals surface area contributed by atoms with E-state index in [1.807, 2.05) is 31.2 Å². The van der Waals surface area contributed by atoms with Crippen LogP contribution >= 0.6 is 0 Å². The van der Waals surface area contributed by atoms with Crippen LogP contribution in [0, 0.1) is 5.82 Å². The maximum absolute atomic E-state index is 13.5. The molecule has 10 heteroatoms.